The number of rotatable bonds is 11. The van der Waals surface area contributed by atoms with Crippen molar-refractivity contribution < 1.29 is 19.1 Å². The average molecular weight is 427 g/mol. The molecule has 1 N–H and O–H groups in total. The summed E-state index contributed by atoms with van der Waals surface area (Å²) in [5.41, 5.74) is 1.96. The number of nitrogens with zero attached hydrogens (tertiary/aromatic N) is 1. The lowest BCUT2D eigenvalue weighted by Gasteiger charge is -2.29. The van der Waals surface area contributed by atoms with Gasteiger partial charge in [0.2, 0.25) is 5.91 Å². The lowest BCUT2D eigenvalue weighted by Crippen LogP contribution is -2.49. The fourth-order valence-electron chi connectivity index (χ4n) is 3.22. The van der Waals surface area contributed by atoms with E-state index in [9.17, 15) is 9.59 Å². The molecule has 2 aromatic rings. The topological polar surface area (TPSA) is 67.9 Å². The van der Waals surface area contributed by atoms with Crippen LogP contribution < -0.4 is 14.8 Å². The van der Waals surface area contributed by atoms with Crippen LogP contribution in [0.2, 0.25) is 0 Å². The van der Waals surface area contributed by atoms with Gasteiger partial charge >= 0.3 is 0 Å². The maximum atomic E-state index is 13.1. The van der Waals surface area contributed by atoms with Crippen LogP contribution in [0, 0.1) is 0 Å². The number of hydrogen-bond donors (Lipinski definition) is 1. The molecule has 0 saturated heterocycles. The molecule has 2 amide bonds. The van der Waals surface area contributed by atoms with E-state index in [0.717, 1.165) is 23.3 Å². The summed E-state index contributed by atoms with van der Waals surface area (Å²) in [6, 6.07) is 14.6. The molecule has 1 atom stereocenters. The smallest absolute Gasteiger partial charge is 0.261 e. The minimum atomic E-state index is -0.620. The maximum absolute atomic E-state index is 13.1. The van der Waals surface area contributed by atoms with Crippen molar-refractivity contribution in [3.8, 4) is 11.5 Å². The molecular formula is C25H34N2O4. The summed E-state index contributed by atoms with van der Waals surface area (Å²) in [7, 11) is 1.61. The van der Waals surface area contributed by atoms with Gasteiger partial charge in [-0.15, -0.1) is 0 Å². The molecule has 0 saturated carbocycles. The number of nitrogens with one attached hydrogen (secondary N) is 1. The summed E-state index contributed by atoms with van der Waals surface area (Å²) in [6.45, 7) is 8.65. The van der Waals surface area contributed by atoms with Gasteiger partial charge in [-0.3, -0.25) is 9.59 Å². The van der Waals surface area contributed by atoms with E-state index < -0.39 is 6.04 Å². The van der Waals surface area contributed by atoms with Gasteiger partial charge in [0.05, 0.1) is 7.11 Å². The molecule has 0 aliphatic rings. The van der Waals surface area contributed by atoms with E-state index >= 15 is 0 Å². The Morgan fingerprint density at radius 3 is 2.32 bits per heavy atom. The van der Waals surface area contributed by atoms with E-state index in [4.69, 9.17) is 9.47 Å². The Morgan fingerprint density at radius 2 is 1.71 bits per heavy atom. The van der Waals surface area contributed by atoms with Crippen LogP contribution in [0.5, 0.6) is 11.5 Å². The van der Waals surface area contributed by atoms with Crippen LogP contribution >= 0.6 is 0 Å². The van der Waals surface area contributed by atoms with Crippen LogP contribution in [-0.4, -0.2) is 43.0 Å². The molecule has 0 aliphatic heterocycles. The minimum absolute atomic E-state index is 0.134. The van der Waals surface area contributed by atoms with Gasteiger partial charge in [-0.1, -0.05) is 51.1 Å². The quantitative estimate of drug-likeness (QED) is 0.586. The molecule has 31 heavy (non-hydrogen) atoms. The molecule has 2 rings (SSSR count). The SMILES string of the molecule is CCCNC(=O)C(C)N(Cc1ccc(OC)cc1)C(=O)COc1ccccc1C(C)C. The fraction of sp³-hybridized carbons (Fsp3) is 0.440. The van der Waals surface area contributed by atoms with Crippen molar-refractivity contribution in [1.29, 1.82) is 0 Å². The molecule has 168 valence electrons. The third-order valence-corrected chi connectivity index (χ3v) is 5.12. The van der Waals surface area contributed by atoms with Crippen LogP contribution in [0.25, 0.3) is 0 Å². The number of amides is 2. The highest BCUT2D eigenvalue weighted by Gasteiger charge is 2.26. The molecule has 0 aromatic heterocycles. The molecule has 0 aliphatic carbocycles. The normalized spacial score (nSPS) is 11.7. The van der Waals surface area contributed by atoms with Crippen LogP contribution in [0.1, 0.15) is 51.2 Å². The number of ether oxygens (including phenoxy) is 2. The highest BCUT2D eigenvalue weighted by Crippen LogP contribution is 2.26. The van der Waals surface area contributed by atoms with Crippen molar-refractivity contribution in [1.82, 2.24) is 10.2 Å². The summed E-state index contributed by atoms with van der Waals surface area (Å²) in [5.74, 6) is 1.29. The van der Waals surface area contributed by atoms with E-state index in [1.807, 2.05) is 55.5 Å². The molecule has 2 aromatic carbocycles. The Bertz CT molecular complexity index is 849. The van der Waals surface area contributed by atoms with E-state index in [2.05, 4.69) is 19.2 Å². The van der Waals surface area contributed by atoms with Crippen LogP contribution in [0.3, 0.4) is 0 Å². The predicted octanol–water partition coefficient (Wildman–Crippen LogP) is 4.14. The summed E-state index contributed by atoms with van der Waals surface area (Å²) in [4.78, 5) is 27.3. The van der Waals surface area contributed by atoms with Crippen molar-refractivity contribution in [2.24, 2.45) is 0 Å². The van der Waals surface area contributed by atoms with Crippen LogP contribution in [0.4, 0.5) is 0 Å². The lowest BCUT2D eigenvalue weighted by molar-refractivity contribution is -0.142. The van der Waals surface area contributed by atoms with Crippen LogP contribution in [-0.2, 0) is 16.1 Å². The Hall–Kier alpha value is -3.02. The molecule has 0 fully saturated rings. The van der Waals surface area contributed by atoms with Gasteiger partial charge in [0.25, 0.3) is 5.91 Å². The highest BCUT2D eigenvalue weighted by molar-refractivity contribution is 5.88. The highest BCUT2D eigenvalue weighted by atomic mass is 16.5. The molecule has 0 spiro atoms. The number of para-hydroxylation sites is 1. The molecule has 0 radical (unpaired) electrons. The first-order valence-electron chi connectivity index (χ1n) is 10.8. The maximum Gasteiger partial charge on any atom is 0.261 e. The first-order valence-corrected chi connectivity index (χ1v) is 10.8. The molecular weight excluding hydrogens is 392 g/mol. The minimum Gasteiger partial charge on any atom is -0.497 e. The van der Waals surface area contributed by atoms with Gasteiger partial charge in [0.1, 0.15) is 17.5 Å². The number of carbonyl (C=O) groups excluding carboxylic acids is 2. The van der Waals surface area contributed by atoms with Gasteiger partial charge in [0.15, 0.2) is 6.61 Å². The third kappa shape index (κ3) is 7.02. The monoisotopic (exact) mass is 426 g/mol. The second-order valence-corrected chi connectivity index (χ2v) is 7.82. The molecule has 0 bridgehead atoms. The van der Waals surface area contributed by atoms with Gasteiger partial charge in [-0.05, 0) is 48.6 Å². The van der Waals surface area contributed by atoms with Crippen molar-refractivity contribution in [3.63, 3.8) is 0 Å². The number of hydrogen-bond acceptors (Lipinski definition) is 4. The first kappa shape index (κ1) is 24.3. The zero-order valence-electron chi connectivity index (χ0n) is 19.2. The van der Waals surface area contributed by atoms with E-state index in [1.165, 1.54) is 0 Å². The van der Waals surface area contributed by atoms with Gasteiger partial charge in [0, 0.05) is 13.1 Å². The number of methoxy groups -OCH3 is 1. The Balaban J connectivity index is 2.17. The second kappa shape index (κ2) is 12.0. The Morgan fingerprint density at radius 1 is 1.03 bits per heavy atom. The summed E-state index contributed by atoms with van der Waals surface area (Å²) in [5, 5.41) is 2.88. The first-order chi connectivity index (χ1) is 14.9. The second-order valence-electron chi connectivity index (χ2n) is 7.82. The van der Waals surface area contributed by atoms with Gasteiger partial charge < -0.3 is 19.7 Å². The van der Waals surface area contributed by atoms with Crippen molar-refractivity contribution in [3.05, 3.63) is 59.7 Å². The standard InChI is InChI=1S/C25H34N2O4/c1-6-15-26-25(29)19(4)27(16-20-11-13-21(30-5)14-12-20)24(28)17-31-23-10-8-7-9-22(23)18(2)3/h7-14,18-19H,6,15-17H2,1-5H3,(H,26,29). The van der Waals surface area contributed by atoms with Crippen molar-refractivity contribution in [2.45, 2.75) is 52.6 Å². The molecule has 6 heteroatoms. The number of carbonyl (C=O) groups is 2. The van der Waals surface area contributed by atoms with E-state index in [-0.39, 0.29) is 24.3 Å². The summed E-state index contributed by atoms with van der Waals surface area (Å²) >= 11 is 0. The average Bonchev–Trinajstić information content (AvgIpc) is 2.79. The molecule has 6 nitrogen and oxygen atoms in total. The predicted molar refractivity (Wildman–Crippen MR) is 122 cm³/mol. The van der Waals surface area contributed by atoms with E-state index in [0.29, 0.717) is 18.8 Å². The molecule has 0 heterocycles. The zero-order chi connectivity index (χ0) is 22.8. The van der Waals surface area contributed by atoms with E-state index in [1.54, 1.807) is 18.9 Å². The van der Waals surface area contributed by atoms with Gasteiger partial charge in [-0.25, -0.2) is 0 Å². The fourth-order valence-corrected chi connectivity index (χ4v) is 3.22. The van der Waals surface area contributed by atoms with Crippen molar-refractivity contribution in [2.75, 3.05) is 20.3 Å². The van der Waals surface area contributed by atoms with Gasteiger partial charge in [-0.2, -0.15) is 0 Å². The number of benzene rings is 2. The van der Waals surface area contributed by atoms with Crippen molar-refractivity contribution >= 4 is 11.8 Å². The summed E-state index contributed by atoms with van der Waals surface area (Å²) in [6.07, 6.45) is 0.833. The largest absolute Gasteiger partial charge is 0.497 e. The zero-order valence-corrected chi connectivity index (χ0v) is 19.2. The Labute approximate surface area is 185 Å². The Kier molecular flexibility index (Phi) is 9.38. The molecule has 1 unspecified atom stereocenters. The van der Waals surface area contributed by atoms with Crippen LogP contribution in [0.15, 0.2) is 48.5 Å². The summed E-state index contributed by atoms with van der Waals surface area (Å²) < 4.78 is 11.1. The lowest BCUT2D eigenvalue weighted by atomic mass is 10.0. The third-order valence-electron chi connectivity index (χ3n) is 5.12.